The Morgan fingerprint density at radius 1 is 1.09 bits per heavy atom. The van der Waals surface area contributed by atoms with Crippen molar-refractivity contribution in [3.8, 4) is 11.5 Å². The minimum absolute atomic E-state index is 0.228. The molecule has 0 unspecified atom stereocenters. The van der Waals surface area contributed by atoms with Gasteiger partial charge in [-0.25, -0.2) is 9.59 Å². The number of nitrogens with one attached hydrogen (secondary N) is 2. The minimum atomic E-state index is -0.736. The van der Waals surface area contributed by atoms with E-state index in [-0.39, 0.29) is 12.6 Å². The monoisotopic (exact) mass is 465 g/mol. The molecule has 34 heavy (non-hydrogen) atoms. The Morgan fingerprint density at radius 2 is 1.88 bits per heavy atom. The van der Waals surface area contributed by atoms with Gasteiger partial charge in [0, 0.05) is 24.4 Å². The lowest BCUT2D eigenvalue weighted by atomic mass is 9.93. The molecule has 8 heteroatoms. The van der Waals surface area contributed by atoms with Crippen molar-refractivity contribution in [1.82, 2.24) is 15.5 Å². The summed E-state index contributed by atoms with van der Waals surface area (Å²) in [6.45, 7) is 4.15. The number of methoxy groups -OCH3 is 2. The molecule has 0 saturated carbocycles. The second-order valence-electron chi connectivity index (χ2n) is 8.36. The van der Waals surface area contributed by atoms with E-state index in [1.807, 2.05) is 12.1 Å². The summed E-state index contributed by atoms with van der Waals surface area (Å²) in [7, 11) is 3.08. The standard InChI is InChI=1S/C26H31N3O5/c1-4-34-25(30)22-20(16-29-14-13-18(15-29)17-9-6-5-7-10-17)27-26(31)28-23(22)19-11-8-12-21(32-2)24(19)33-3/h5-12,18,23H,4,13-16H2,1-3H3,(H2,27,28,31)/t18-,23-/m0/s1. The predicted octanol–water partition coefficient (Wildman–Crippen LogP) is 3.36. The van der Waals surface area contributed by atoms with Crippen molar-refractivity contribution < 1.29 is 23.8 Å². The lowest BCUT2D eigenvalue weighted by Gasteiger charge is -2.32. The third kappa shape index (κ3) is 4.87. The van der Waals surface area contributed by atoms with Gasteiger partial charge in [-0.2, -0.15) is 0 Å². The van der Waals surface area contributed by atoms with Crippen molar-refractivity contribution in [2.45, 2.75) is 25.3 Å². The first-order chi connectivity index (χ1) is 16.5. The number of rotatable bonds is 8. The maximum absolute atomic E-state index is 13.2. The van der Waals surface area contributed by atoms with Crippen LogP contribution in [-0.2, 0) is 9.53 Å². The van der Waals surface area contributed by atoms with Gasteiger partial charge in [0.1, 0.15) is 0 Å². The summed E-state index contributed by atoms with van der Waals surface area (Å²) < 4.78 is 16.4. The molecule has 0 radical (unpaired) electrons. The number of carbonyl (C=O) groups excluding carboxylic acids is 2. The summed E-state index contributed by atoms with van der Waals surface area (Å²) >= 11 is 0. The fourth-order valence-electron chi connectivity index (χ4n) is 4.76. The zero-order valence-corrected chi connectivity index (χ0v) is 19.8. The zero-order valence-electron chi connectivity index (χ0n) is 19.8. The largest absolute Gasteiger partial charge is 0.493 e. The number of amides is 2. The molecule has 0 aliphatic carbocycles. The molecule has 2 atom stereocenters. The van der Waals surface area contributed by atoms with E-state index < -0.39 is 12.0 Å². The smallest absolute Gasteiger partial charge is 0.338 e. The number of para-hydroxylation sites is 1. The van der Waals surface area contributed by atoms with Gasteiger partial charge in [-0.15, -0.1) is 0 Å². The van der Waals surface area contributed by atoms with E-state index in [0.717, 1.165) is 19.5 Å². The van der Waals surface area contributed by atoms with E-state index in [1.165, 1.54) is 12.7 Å². The molecule has 180 valence electrons. The van der Waals surface area contributed by atoms with Crippen LogP contribution in [0.2, 0.25) is 0 Å². The number of hydrogen-bond acceptors (Lipinski definition) is 6. The molecule has 1 saturated heterocycles. The number of carbonyl (C=O) groups is 2. The number of benzene rings is 2. The zero-order chi connectivity index (χ0) is 24.1. The molecule has 0 bridgehead atoms. The van der Waals surface area contributed by atoms with Gasteiger partial charge in [0.05, 0.1) is 32.4 Å². The summed E-state index contributed by atoms with van der Waals surface area (Å²) in [4.78, 5) is 28.1. The normalized spacial score (nSPS) is 20.5. The lowest BCUT2D eigenvalue weighted by Crippen LogP contribution is -2.48. The van der Waals surface area contributed by atoms with Gasteiger partial charge in [-0.1, -0.05) is 42.5 Å². The fraction of sp³-hybridized carbons (Fsp3) is 0.385. The second kappa shape index (κ2) is 10.6. The molecule has 4 rings (SSSR count). The Bertz CT molecular complexity index is 1070. The average Bonchev–Trinajstić information content (AvgIpc) is 3.32. The molecular formula is C26H31N3O5. The van der Waals surface area contributed by atoms with Crippen LogP contribution in [-0.4, -0.2) is 57.4 Å². The lowest BCUT2D eigenvalue weighted by molar-refractivity contribution is -0.139. The van der Waals surface area contributed by atoms with Gasteiger partial charge < -0.3 is 24.8 Å². The van der Waals surface area contributed by atoms with E-state index in [0.29, 0.717) is 40.8 Å². The highest BCUT2D eigenvalue weighted by molar-refractivity contribution is 5.95. The molecule has 2 aliphatic heterocycles. The Kier molecular flexibility index (Phi) is 7.37. The Hall–Kier alpha value is -3.52. The third-order valence-corrected chi connectivity index (χ3v) is 6.32. The van der Waals surface area contributed by atoms with E-state index in [9.17, 15) is 9.59 Å². The van der Waals surface area contributed by atoms with Gasteiger partial charge in [-0.3, -0.25) is 4.90 Å². The van der Waals surface area contributed by atoms with Crippen LogP contribution in [0.1, 0.15) is 36.4 Å². The second-order valence-corrected chi connectivity index (χ2v) is 8.36. The number of likely N-dealkylation sites (tertiary alicyclic amines) is 1. The van der Waals surface area contributed by atoms with Crippen molar-refractivity contribution >= 4 is 12.0 Å². The number of urea groups is 1. The Balaban J connectivity index is 1.68. The summed E-state index contributed by atoms with van der Waals surface area (Å²) in [6, 6.07) is 14.7. The number of esters is 1. The van der Waals surface area contributed by atoms with Crippen LogP contribution in [0.5, 0.6) is 11.5 Å². The highest BCUT2D eigenvalue weighted by atomic mass is 16.5. The molecular weight excluding hydrogens is 434 g/mol. The first-order valence-electron chi connectivity index (χ1n) is 11.5. The van der Waals surface area contributed by atoms with Crippen molar-refractivity contribution in [3.63, 3.8) is 0 Å². The van der Waals surface area contributed by atoms with Crippen LogP contribution < -0.4 is 20.1 Å². The van der Waals surface area contributed by atoms with E-state index >= 15 is 0 Å². The van der Waals surface area contributed by atoms with E-state index in [4.69, 9.17) is 14.2 Å². The third-order valence-electron chi connectivity index (χ3n) is 6.32. The maximum Gasteiger partial charge on any atom is 0.338 e. The topological polar surface area (TPSA) is 89.1 Å². The molecule has 2 aromatic rings. The van der Waals surface area contributed by atoms with Gasteiger partial charge in [0.25, 0.3) is 0 Å². The van der Waals surface area contributed by atoms with Crippen LogP contribution in [0.25, 0.3) is 0 Å². The van der Waals surface area contributed by atoms with Gasteiger partial charge in [0.2, 0.25) is 0 Å². The van der Waals surface area contributed by atoms with E-state index in [1.54, 1.807) is 26.2 Å². The first-order valence-corrected chi connectivity index (χ1v) is 11.5. The highest BCUT2D eigenvalue weighted by Gasteiger charge is 2.37. The van der Waals surface area contributed by atoms with E-state index in [2.05, 4.69) is 39.8 Å². The highest BCUT2D eigenvalue weighted by Crippen LogP contribution is 2.39. The van der Waals surface area contributed by atoms with Gasteiger partial charge in [0.15, 0.2) is 11.5 Å². The average molecular weight is 466 g/mol. The fourth-order valence-corrected chi connectivity index (χ4v) is 4.76. The molecule has 8 nitrogen and oxygen atoms in total. The van der Waals surface area contributed by atoms with Crippen LogP contribution >= 0.6 is 0 Å². The van der Waals surface area contributed by atoms with Crippen LogP contribution in [0.3, 0.4) is 0 Å². The predicted molar refractivity (Wildman–Crippen MR) is 128 cm³/mol. The summed E-state index contributed by atoms with van der Waals surface area (Å²) in [5, 5.41) is 5.74. The molecule has 2 aromatic carbocycles. The maximum atomic E-state index is 13.2. The summed E-state index contributed by atoms with van der Waals surface area (Å²) in [5.74, 6) is 0.921. The molecule has 0 spiro atoms. The van der Waals surface area contributed by atoms with Crippen LogP contribution in [0.15, 0.2) is 59.8 Å². The molecule has 2 N–H and O–H groups in total. The van der Waals surface area contributed by atoms with Crippen molar-refractivity contribution in [3.05, 3.63) is 70.9 Å². The van der Waals surface area contributed by atoms with Gasteiger partial charge >= 0.3 is 12.0 Å². The SMILES string of the molecule is CCOC(=O)C1=C(CN2CC[C@H](c3ccccc3)C2)NC(=O)N[C@H]1c1cccc(OC)c1OC. The molecule has 2 aliphatic rings. The number of nitrogens with zero attached hydrogens (tertiary/aromatic N) is 1. The molecule has 1 fully saturated rings. The molecule has 2 heterocycles. The summed E-state index contributed by atoms with van der Waals surface area (Å²) in [6.07, 6.45) is 1.02. The number of ether oxygens (including phenoxy) is 3. The van der Waals surface area contributed by atoms with Crippen LogP contribution in [0.4, 0.5) is 4.79 Å². The quantitative estimate of drug-likeness (QED) is 0.581. The van der Waals surface area contributed by atoms with Crippen LogP contribution in [0, 0.1) is 0 Å². The Labute approximate surface area is 199 Å². The van der Waals surface area contributed by atoms with Gasteiger partial charge in [-0.05, 0) is 37.4 Å². The molecule has 0 aromatic heterocycles. The summed E-state index contributed by atoms with van der Waals surface area (Å²) in [5.41, 5.74) is 2.85. The minimum Gasteiger partial charge on any atom is -0.493 e. The van der Waals surface area contributed by atoms with Crippen molar-refractivity contribution in [1.29, 1.82) is 0 Å². The first kappa shape index (κ1) is 23.6. The number of hydrogen-bond donors (Lipinski definition) is 2. The van der Waals surface area contributed by atoms with Crippen molar-refractivity contribution in [2.24, 2.45) is 0 Å². The Morgan fingerprint density at radius 3 is 2.59 bits per heavy atom. The molecule has 2 amide bonds. The van der Waals surface area contributed by atoms with Crippen molar-refractivity contribution in [2.75, 3.05) is 40.5 Å².